The minimum Gasteiger partial charge on any atom is -0.478 e. The largest absolute Gasteiger partial charge is 0.478 e. The fourth-order valence-electron chi connectivity index (χ4n) is 3.17. The van der Waals surface area contributed by atoms with E-state index in [0.717, 1.165) is 5.57 Å². The molecule has 0 bridgehead atoms. The Bertz CT molecular complexity index is 585. The van der Waals surface area contributed by atoms with Crippen molar-refractivity contribution >= 4 is 5.97 Å². The summed E-state index contributed by atoms with van der Waals surface area (Å²) >= 11 is 0. The van der Waals surface area contributed by atoms with Crippen LogP contribution in [-0.4, -0.2) is 11.1 Å². The molecule has 1 saturated carbocycles. The molecule has 126 valence electrons. The molecule has 2 nitrogen and oxygen atoms in total. The van der Waals surface area contributed by atoms with E-state index < -0.39 is 5.97 Å². The summed E-state index contributed by atoms with van der Waals surface area (Å²) in [6, 6.07) is 0. The zero-order chi connectivity index (χ0) is 17.3. The zero-order valence-corrected chi connectivity index (χ0v) is 15.1. The van der Waals surface area contributed by atoms with Crippen LogP contribution in [0.4, 0.5) is 0 Å². The minimum absolute atomic E-state index is 0.271. The lowest BCUT2D eigenvalue weighted by Crippen LogP contribution is -2.25. The van der Waals surface area contributed by atoms with Crippen molar-refractivity contribution in [3.63, 3.8) is 0 Å². The predicted octanol–water partition coefficient (Wildman–Crippen LogP) is 5.54. The van der Waals surface area contributed by atoms with E-state index in [0.29, 0.717) is 17.3 Å². The van der Waals surface area contributed by atoms with E-state index in [1.165, 1.54) is 30.9 Å². The van der Waals surface area contributed by atoms with E-state index in [2.05, 4.69) is 52.0 Å². The first kappa shape index (κ1) is 17.8. The summed E-state index contributed by atoms with van der Waals surface area (Å²) in [6.07, 6.45) is 16.1. The summed E-state index contributed by atoms with van der Waals surface area (Å²) in [4.78, 5) is 10.6. The fraction of sp³-hybridized carbons (Fsp3) is 0.571. The number of hydrogen-bond acceptors (Lipinski definition) is 1. The normalized spacial score (nSPS) is 29.8. The number of carboxylic acid groups (broad SMARTS) is 1. The van der Waals surface area contributed by atoms with Gasteiger partial charge in [0.15, 0.2) is 0 Å². The van der Waals surface area contributed by atoms with Crippen molar-refractivity contribution in [3.05, 3.63) is 47.6 Å². The standard InChI is InChI=1S/C21H30O2/c1-15(12-19(22)23)6-7-16-13-17(16)8-9-18-14-20(2,3)10-11-21(18,4)5/h6-9,12,14,16-17H,10-11,13H2,1-5H3,(H,22,23)/b7-6+,9-8+,15-12-. The van der Waals surface area contributed by atoms with Crippen molar-refractivity contribution in [1.82, 2.24) is 0 Å². The highest BCUT2D eigenvalue weighted by Crippen LogP contribution is 2.46. The molecular weight excluding hydrogens is 284 g/mol. The average molecular weight is 314 g/mol. The number of rotatable bonds is 5. The maximum absolute atomic E-state index is 10.6. The summed E-state index contributed by atoms with van der Waals surface area (Å²) in [5.74, 6) is 0.280. The molecule has 0 heterocycles. The van der Waals surface area contributed by atoms with Gasteiger partial charge in [0.05, 0.1) is 0 Å². The molecule has 2 rings (SSSR count). The molecule has 2 heteroatoms. The van der Waals surface area contributed by atoms with Crippen LogP contribution in [0.5, 0.6) is 0 Å². The van der Waals surface area contributed by atoms with Gasteiger partial charge in [-0.15, -0.1) is 0 Å². The molecule has 1 fully saturated rings. The number of carbonyl (C=O) groups is 1. The maximum atomic E-state index is 10.6. The lowest BCUT2D eigenvalue weighted by molar-refractivity contribution is -0.131. The van der Waals surface area contributed by atoms with E-state index in [1.54, 1.807) is 0 Å². The Kier molecular flexibility index (Phi) is 5.03. The van der Waals surface area contributed by atoms with Gasteiger partial charge >= 0.3 is 5.97 Å². The average Bonchev–Trinajstić information content (AvgIpc) is 3.16. The van der Waals surface area contributed by atoms with Crippen molar-refractivity contribution < 1.29 is 9.90 Å². The third kappa shape index (κ3) is 5.23. The Morgan fingerprint density at radius 1 is 1.17 bits per heavy atom. The first-order valence-electron chi connectivity index (χ1n) is 8.60. The van der Waals surface area contributed by atoms with Crippen LogP contribution >= 0.6 is 0 Å². The van der Waals surface area contributed by atoms with Crippen LogP contribution in [0, 0.1) is 22.7 Å². The monoisotopic (exact) mass is 314 g/mol. The van der Waals surface area contributed by atoms with Crippen LogP contribution in [0.1, 0.15) is 53.9 Å². The van der Waals surface area contributed by atoms with Gasteiger partial charge in [-0.25, -0.2) is 4.79 Å². The molecule has 1 N–H and O–H groups in total. The van der Waals surface area contributed by atoms with Gasteiger partial charge in [0.1, 0.15) is 0 Å². The van der Waals surface area contributed by atoms with Crippen molar-refractivity contribution in [2.45, 2.75) is 53.9 Å². The molecule has 2 aliphatic rings. The predicted molar refractivity (Wildman–Crippen MR) is 96.1 cm³/mol. The van der Waals surface area contributed by atoms with E-state index in [4.69, 9.17) is 5.11 Å². The molecule has 0 aromatic carbocycles. The second-order valence-electron chi connectivity index (χ2n) is 8.48. The van der Waals surface area contributed by atoms with Crippen LogP contribution in [-0.2, 0) is 4.79 Å². The SMILES string of the molecule is CC(=C/C(=O)O)/C=C/C1CC1/C=C/C1=CC(C)(C)CCC1(C)C. The molecule has 2 aliphatic carbocycles. The number of carboxylic acids is 1. The van der Waals surface area contributed by atoms with Gasteiger partial charge in [-0.3, -0.25) is 0 Å². The highest BCUT2D eigenvalue weighted by molar-refractivity contribution is 5.81. The lowest BCUT2D eigenvalue weighted by atomic mass is 9.67. The van der Waals surface area contributed by atoms with Gasteiger partial charge in [0, 0.05) is 6.08 Å². The molecule has 0 aromatic heterocycles. The molecule has 0 spiro atoms. The fourth-order valence-corrected chi connectivity index (χ4v) is 3.17. The summed E-state index contributed by atoms with van der Waals surface area (Å²) in [5, 5.41) is 8.71. The molecule has 2 atom stereocenters. The smallest absolute Gasteiger partial charge is 0.328 e. The van der Waals surface area contributed by atoms with Crippen molar-refractivity contribution in [2.75, 3.05) is 0 Å². The van der Waals surface area contributed by atoms with Gasteiger partial charge in [-0.2, -0.15) is 0 Å². The van der Waals surface area contributed by atoms with Gasteiger partial charge in [-0.05, 0) is 60.0 Å². The van der Waals surface area contributed by atoms with Crippen LogP contribution in [0.2, 0.25) is 0 Å². The van der Waals surface area contributed by atoms with Crippen molar-refractivity contribution in [3.8, 4) is 0 Å². The summed E-state index contributed by atoms with van der Waals surface area (Å²) in [5.41, 5.74) is 2.83. The third-order valence-electron chi connectivity index (χ3n) is 5.09. The Morgan fingerprint density at radius 3 is 2.48 bits per heavy atom. The Hall–Kier alpha value is -1.57. The van der Waals surface area contributed by atoms with Crippen LogP contribution in [0.3, 0.4) is 0 Å². The van der Waals surface area contributed by atoms with Crippen molar-refractivity contribution in [1.29, 1.82) is 0 Å². The van der Waals surface area contributed by atoms with Crippen molar-refractivity contribution in [2.24, 2.45) is 22.7 Å². The number of hydrogen-bond donors (Lipinski definition) is 1. The molecule has 0 radical (unpaired) electrons. The zero-order valence-electron chi connectivity index (χ0n) is 15.1. The summed E-state index contributed by atoms with van der Waals surface area (Å²) in [6.45, 7) is 11.1. The molecule has 0 aliphatic heterocycles. The molecule has 23 heavy (non-hydrogen) atoms. The molecular formula is C21H30O2. The van der Waals surface area contributed by atoms with Crippen LogP contribution in [0.15, 0.2) is 47.6 Å². The van der Waals surface area contributed by atoms with E-state index in [1.807, 2.05) is 13.0 Å². The molecule has 0 amide bonds. The minimum atomic E-state index is -0.881. The first-order valence-corrected chi connectivity index (χ1v) is 8.60. The summed E-state index contributed by atoms with van der Waals surface area (Å²) in [7, 11) is 0. The highest BCUT2D eigenvalue weighted by Gasteiger charge is 2.34. The van der Waals surface area contributed by atoms with E-state index >= 15 is 0 Å². The summed E-state index contributed by atoms with van der Waals surface area (Å²) < 4.78 is 0. The Morgan fingerprint density at radius 2 is 1.83 bits per heavy atom. The first-order chi connectivity index (χ1) is 10.6. The number of aliphatic carboxylic acids is 1. The van der Waals surface area contributed by atoms with Gasteiger partial charge in [-0.1, -0.05) is 58.1 Å². The quantitative estimate of drug-likeness (QED) is 0.534. The van der Waals surface area contributed by atoms with Crippen LogP contribution in [0.25, 0.3) is 0 Å². The lowest BCUT2D eigenvalue weighted by Gasteiger charge is -2.37. The maximum Gasteiger partial charge on any atom is 0.328 e. The Balaban J connectivity index is 1.96. The molecule has 2 unspecified atom stereocenters. The molecule has 0 saturated heterocycles. The van der Waals surface area contributed by atoms with Gasteiger partial charge in [0.25, 0.3) is 0 Å². The topological polar surface area (TPSA) is 37.3 Å². The van der Waals surface area contributed by atoms with E-state index in [9.17, 15) is 4.79 Å². The third-order valence-corrected chi connectivity index (χ3v) is 5.09. The van der Waals surface area contributed by atoms with Crippen LogP contribution < -0.4 is 0 Å². The Labute approximate surface area is 140 Å². The van der Waals surface area contributed by atoms with Gasteiger partial charge in [0.2, 0.25) is 0 Å². The number of allylic oxidation sites excluding steroid dienone is 7. The van der Waals surface area contributed by atoms with E-state index in [-0.39, 0.29) is 5.41 Å². The molecule has 0 aromatic rings. The highest BCUT2D eigenvalue weighted by atomic mass is 16.4. The van der Waals surface area contributed by atoms with Gasteiger partial charge < -0.3 is 5.11 Å². The second-order valence-corrected chi connectivity index (χ2v) is 8.48. The second kappa shape index (κ2) is 6.51.